The Labute approximate surface area is 162 Å². The predicted molar refractivity (Wildman–Crippen MR) is 106 cm³/mol. The van der Waals surface area contributed by atoms with Crippen LogP contribution in [0.15, 0.2) is 24.3 Å². The third-order valence-corrected chi connectivity index (χ3v) is 5.75. The maximum Gasteiger partial charge on any atom is 0.241 e. The Bertz CT molecular complexity index is 615. The van der Waals surface area contributed by atoms with Gasteiger partial charge in [0.15, 0.2) is 0 Å². The zero-order chi connectivity index (χ0) is 19.1. The lowest BCUT2D eigenvalue weighted by Gasteiger charge is -2.32. The van der Waals surface area contributed by atoms with Crippen molar-refractivity contribution in [1.29, 1.82) is 0 Å². The highest BCUT2D eigenvalue weighted by Crippen LogP contribution is 2.26. The number of nitrogens with one attached hydrogen (secondary N) is 1. The molecule has 148 valence electrons. The first-order valence-electron chi connectivity index (χ1n) is 10.4. The van der Waals surface area contributed by atoms with E-state index in [2.05, 4.69) is 12.2 Å². The number of nitrogens with zero attached hydrogens (tertiary/aromatic N) is 1. The van der Waals surface area contributed by atoms with Gasteiger partial charge in [-0.2, -0.15) is 0 Å². The average molecular weight is 373 g/mol. The van der Waals surface area contributed by atoms with Crippen LogP contribution < -0.4 is 10.1 Å². The highest BCUT2D eigenvalue weighted by molar-refractivity contribution is 5.84. The number of hydrogen-bond acceptors (Lipinski definition) is 3. The van der Waals surface area contributed by atoms with Gasteiger partial charge in [-0.15, -0.1) is 0 Å². The van der Waals surface area contributed by atoms with Gasteiger partial charge < -0.3 is 15.0 Å². The normalized spacial score (nSPS) is 18.9. The van der Waals surface area contributed by atoms with Crippen LogP contribution in [0.5, 0.6) is 5.75 Å². The molecular weight excluding hydrogens is 340 g/mol. The molecule has 1 aliphatic heterocycles. The largest absolute Gasteiger partial charge is 0.490 e. The van der Waals surface area contributed by atoms with Crippen molar-refractivity contribution in [1.82, 2.24) is 10.2 Å². The number of amides is 2. The van der Waals surface area contributed by atoms with Gasteiger partial charge >= 0.3 is 0 Å². The first-order valence-corrected chi connectivity index (χ1v) is 10.4. The molecule has 1 aromatic carbocycles. The highest BCUT2D eigenvalue weighted by Gasteiger charge is 2.24. The lowest BCUT2D eigenvalue weighted by atomic mass is 9.87. The van der Waals surface area contributed by atoms with E-state index in [0.29, 0.717) is 25.4 Å². The summed E-state index contributed by atoms with van der Waals surface area (Å²) in [4.78, 5) is 26.3. The molecule has 1 N–H and O–H groups in total. The fourth-order valence-corrected chi connectivity index (χ4v) is 4.04. The summed E-state index contributed by atoms with van der Waals surface area (Å²) in [5.74, 6) is 1.43. The van der Waals surface area contributed by atoms with Crippen molar-refractivity contribution in [2.75, 3.05) is 19.6 Å². The van der Waals surface area contributed by atoms with Gasteiger partial charge in [0.2, 0.25) is 11.8 Å². The van der Waals surface area contributed by atoms with E-state index in [1.54, 1.807) is 0 Å². The summed E-state index contributed by atoms with van der Waals surface area (Å²) < 4.78 is 6.01. The van der Waals surface area contributed by atoms with Gasteiger partial charge in [-0.25, -0.2) is 0 Å². The number of hydrogen-bond donors (Lipinski definition) is 1. The molecule has 2 aliphatic rings. The molecule has 0 unspecified atom stereocenters. The van der Waals surface area contributed by atoms with E-state index in [1.807, 2.05) is 29.2 Å². The van der Waals surface area contributed by atoms with Gasteiger partial charge in [0.1, 0.15) is 11.9 Å². The molecule has 1 aromatic rings. The number of benzene rings is 1. The molecule has 0 atom stereocenters. The summed E-state index contributed by atoms with van der Waals surface area (Å²) in [6.07, 6.45) is 8.43. The molecule has 0 aromatic heterocycles. The van der Waals surface area contributed by atoms with Crippen molar-refractivity contribution in [3.05, 3.63) is 29.8 Å². The number of rotatable bonds is 6. The SMILES string of the molecule is Cc1ccc(OC2CCN(C(=O)CNC(=O)CC3CCCCC3)CC2)cc1. The summed E-state index contributed by atoms with van der Waals surface area (Å²) in [6.45, 7) is 3.55. The van der Waals surface area contributed by atoms with Crippen LogP contribution in [0.25, 0.3) is 0 Å². The van der Waals surface area contributed by atoms with Crippen LogP contribution in [0.3, 0.4) is 0 Å². The molecule has 0 radical (unpaired) electrons. The highest BCUT2D eigenvalue weighted by atomic mass is 16.5. The van der Waals surface area contributed by atoms with Crippen LogP contribution in [0.2, 0.25) is 0 Å². The summed E-state index contributed by atoms with van der Waals surface area (Å²) in [5.41, 5.74) is 1.22. The Balaban J connectivity index is 1.34. The summed E-state index contributed by atoms with van der Waals surface area (Å²) in [6, 6.07) is 8.08. The Morgan fingerprint density at radius 1 is 1.04 bits per heavy atom. The second-order valence-electron chi connectivity index (χ2n) is 8.00. The zero-order valence-electron chi connectivity index (χ0n) is 16.4. The Kier molecular flexibility index (Phi) is 7.13. The quantitative estimate of drug-likeness (QED) is 0.832. The second kappa shape index (κ2) is 9.77. The Morgan fingerprint density at radius 3 is 2.37 bits per heavy atom. The van der Waals surface area contributed by atoms with Crippen molar-refractivity contribution in [2.45, 2.75) is 64.4 Å². The van der Waals surface area contributed by atoms with E-state index in [4.69, 9.17) is 4.74 Å². The van der Waals surface area contributed by atoms with E-state index in [0.717, 1.165) is 31.4 Å². The molecule has 2 fully saturated rings. The summed E-state index contributed by atoms with van der Waals surface area (Å²) in [7, 11) is 0. The number of carbonyl (C=O) groups excluding carboxylic acids is 2. The third kappa shape index (κ3) is 6.26. The van der Waals surface area contributed by atoms with Gasteiger partial charge in [0.05, 0.1) is 6.54 Å². The minimum atomic E-state index is 0.0146. The minimum Gasteiger partial charge on any atom is -0.490 e. The topological polar surface area (TPSA) is 58.6 Å². The smallest absolute Gasteiger partial charge is 0.241 e. The van der Waals surface area contributed by atoms with Crippen LogP contribution in [0, 0.1) is 12.8 Å². The van der Waals surface area contributed by atoms with Crippen molar-refractivity contribution < 1.29 is 14.3 Å². The number of aryl methyl sites for hydroxylation is 1. The van der Waals surface area contributed by atoms with E-state index in [-0.39, 0.29) is 24.5 Å². The van der Waals surface area contributed by atoms with Gasteiger partial charge in [0.25, 0.3) is 0 Å². The molecule has 5 nitrogen and oxygen atoms in total. The third-order valence-electron chi connectivity index (χ3n) is 5.75. The van der Waals surface area contributed by atoms with Crippen LogP contribution in [0.1, 0.15) is 56.9 Å². The van der Waals surface area contributed by atoms with Gasteiger partial charge in [-0.1, -0.05) is 37.0 Å². The van der Waals surface area contributed by atoms with Crippen molar-refractivity contribution in [2.24, 2.45) is 5.92 Å². The monoisotopic (exact) mass is 372 g/mol. The predicted octanol–water partition coefficient (Wildman–Crippen LogP) is 3.45. The maximum absolute atomic E-state index is 12.4. The lowest BCUT2D eigenvalue weighted by molar-refractivity contribution is -0.134. The molecule has 2 amide bonds. The fourth-order valence-electron chi connectivity index (χ4n) is 4.04. The first-order chi connectivity index (χ1) is 13.1. The van der Waals surface area contributed by atoms with Crippen molar-refractivity contribution >= 4 is 11.8 Å². The molecule has 27 heavy (non-hydrogen) atoms. The van der Waals surface area contributed by atoms with Crippen molar-refractivity contribution in [3.63, 3.8) is 0 Å². The van der Waals surface area contributed by atoms with Crippen LogP contribution >= 0.6 is 0 Å². The van der Waals surface area contributed by atoms with Crippen LogP contribution in [-0.4, -0.2) is 42.5 Å². The molecule has 0 bridgehead atoms. The van der Waals surface area contributed by atoms with Crippen molar-refractivity contribution in [3.8, 4) is 5.75 Å². The van der Waals surface area contributed by atoms with E-state index in [1.165, 1.54) is 24.8 Å². The van der Waals surface area contributed by atoms with Gasteiger partial charge in [-0.05, 0) is 37.8 Å². The molecule has 1 saturated carbocycles. The summed E-state index contributed by atoms with van der Waals surface area (Å²) >= 11 is 0. The molecule has 0 spiro atoms. The zero-order valence-corrected chi connectivity index (χ0v) is 16.4. The fraction of sp³-hybridized carbons (Fsp3) is 0.636. The van der Waals surface area contributed by atoms with Crippen LogP contribution in [-0.2, 0) is 9.59 Å². The number of ether oxygens (including phenoxy) is 1. The average Bonchev–Trinajstić information content (AvgIpc) is 2.69. The Hall–Kier alpha value is -2.04. The second-order valence-corrected chi connectivity index (χ2v) is 8.00. The van der Waals surface area contributed by atoms with Gasteiger partial charge in [-0.3, -0.25) is 9.59 Å². The molecular formula is C22H32N2O3. The van der Waals surface area contributed by atoms with Gasteiger partial charge in [0, 0.05) is 32.4 Å². The maximum atomic E-state index is 12.4. The molecule has 1 aliphatic carbocycles. The van der Waals surface area contributed by atoms with Crippen LogP contribution in [0.4, 0.5) is 0 Å². The molecule has 5 heteroatoms. The van der Waals surface area contributed by atoms with E-state index in [9.17, 15) is 9.59 Å². The summed E-state index contributed by atoms with van der Waals surface area (Å²) in [5, 5.41) is 2.82. The first kappa shape index (κ1) is 19.7. The van der Waals surface area contributed by atoms with E-state index < -0.39 is 0 Å². The number of piperidine rings is 1. The molecule has 1 saturated heterocycles. The van der Waals surface area contributed by atoms with E-state index >= 15 is 0 Å². The standard InChI is InChI=1S/C22H32N2O3/c1-17-7-9-19(10-8-17)27-20-11-13-24(14-12-20)22(26)16-23-21(25)15-18-5-3-2-4-6-18/h7-10,18,20H,2-6,11-16H2,1H3,(H,23,25). The Morgan fingerprint density at radius 2 is 1.70 bits per heavy atom. The molecule has 1 heterocycles. The number of carbonyl (C=O) groups is 2. The lowest BCUT2D eigenvalue weighted by Crippen LogP contribution is -2.46. The minimum absolute atomic E-state index is 0.0146. The molecule has 3 rings (SSSR count). The number of likely N-dealkylation sites (tertiary alicyclic amines) is 1.